The first kappa shape index (κ1) is 15.5. The first-order valence-corrected chi connectivity index (χ1v) is 6.60. The van der Waals surface area contributed by atoms with Gasteiger partial charge in [0.2, 0.25) is 0 Å². The number of aromatic amines is 1. The number of aliphatic carboxylic acids is 1. The van der Waals surface area contributed by atoms with Crippen LogP contribution in [0.15, 0.2) is 24.4 Å². The maximum atomic E-state index is 12.2. The SMILES string of the molecule is CC(NC(=O)c1c[nH]c2ccc([N+](=O)[O-])cc12)C(C)C(=O)O. The minimum absolute atomic E-state index is 0.117. The molecule has 0 spiro atoms. The second kappa shape index (κ2) is 5.84. The lowest BCUT2D eigenvalue weighted by atomic mass is 10.0. The number of nitrogens with one attached hydrogen (secondary N) is 2. The molecule has 8 heteroatoms. The van der Waals surface area contributed by atoms with Gasteiger partial charge in [0.05, 0.1) is 16.4 Å². The van der Waals surface area contributed by atoms with Crippen molar-refractivity contribution in [1.29, 1.82) is 0 Å². The number of nitrogens with zero attached hydrogens (tertiary/aromatic N) is 1. The van der Waals surface area contributed by atoms with Gasteiger partial charge in [0.1, 0.15) is 0 Å². The summed E-state index contributed by atoms with van der Waals surface area (Å²) >= 11 is 0. The van der Waals surface area contributed by atoms with Crippen molar-refractivity contribution >= 4 is 28.5 Å². The Morgan fingerprint density at radius 2 is 2.05 bits per heavy atom. The third-order valence-corrected chi connectivity index (χ3v) is 3.62. The average molecular weight is 305 g/mol. The number of carboxylic acid groups (broad SMARTS) is 1. The van der Waals surface area contributed by atoms with Crippen molar-refractivity contribution < 1.29 is 19.6 Å². The molecule has 0 radical (unpaired) electrons. The summed E-state index contributed by atoms with van der Waals surface area (Å²) < 4.78 is 0. The van der Waals surface area contributed by atoms with Gasteiger partial charge in [0.25, 0.3) is 11.6 Å². The fourth-order valence-corrected chi connectivity index (χ4v) is 2.03. The molecule has 1 heterocycles. The number of nitro groups is 1. The lowest BCUT2D eigenvalue weighted by Crippen LogP contribution is -2.39. The summed E-state index contributed by atoms with van der Waals surface area (Å²) in [4.78, 5) is 36.3. The second-order valence-electron chi connectivity index (χ2n) is 5.08. The molecule has 0 aliphatic carbocycles. The van der Waals surface area contributed by atoms with Crippen LogP contribution < -0.4 is 5.32 Å². The minimum atomic E-state index is -1.01. The molecule has 0 saturated heterocycles. The van der Waals surface area contributed by atoms with Crippen molar-refractivity contribution in [3.63, 3.8) is 0 Å². The molecular weight excluding hydrogens is 290 g/mol. The van der Waals surface area contributed by atoms with E-state index in [1.165, 1.54) is 31.3 Å². The van der Waals surface area contributed by atoms with E-state index in [1.807, 2.05) is 0 Å². The molecule has 0 aliphatic heterocycles. The largest absolute Gasteiger partial charge is 0.481 e. The number of rotatable bonds is 5. The number of non-ortho nitro benzene ring substituents is 1. The number of amides is 1. The highest BCUT2D eigenvalue weighted by molar-refractivity contribution is 6.07. The molecule has 0 aliphatic rings. The summed E-state index contributed by atoms with van der Waals surface area (Å²) in [5, 5.41) is 22.8. The van der Waals surface area contributed by atoms with Crippen molar-refractivity contribution in [2.75, 3.05) is 0 Å². The predicted octanol–water partition coefficient (Wildman–Crippen LogP) is 1.92. The standard InChI is InChI=1S/C14H15N3O5/c1-7(14(19)20)8(2)16-13(18)11-6-15-12-4-3-9(17(21)22)5-10(11)12/h3-8,15H,1-2H3,(H,16,18)(H,19,20). The Bertz CT molecular complexity index is 752. The molecule has 1 aromatic carbocycles. The highest BCUT2D eigenvalue weighted by Crippen LogP contribution is 2.23. The van der Waals surface area contributed by atoms with Crippen LogP contribution in [0.1, 0.15) is 24.2 Å². The van der Waals surface area contributed by atoms with E-state index < -0.39 is 28.8 Å². The van der Waals surface area contributed by atoms with E-state index in [1.54, 1.807) is 6.92 Å². The number of hydrogen-bond donors (Lipinski definition) is 3. The Hall–Kier alpha value is -2.90. The fraction of sp³-hybridized carbons (Fsp3) is 0.286. The predicted molar refractivity (Wildman–Crippen MR) is 78.7 cm³/mol. The van der Waals surface area contributed by atoms with Crippen molar-refractivity contribution in [3.05, 3.63) is 40.1 Å². The first-order chi connectivity index (χ1) is 10.3. The third-order valence-electron chi connectivity index (χ3n) is 3.62. The first-order valence-electron chi connectivity index (χ1n) is 6.60. The average Bonchev–Trinajstić information content (AvgIpc) is 2.88. The Morgan fingerprint density at radius 1 is 1.36 bits per heavy atom. The van der Waals surface area contributed by atoms with Crippen LogP contribution in [0.4, 0.5) is 5.69 Å². The van der Waals surface area contributed by atoms with E-state index in [-0.39, 0.29) is 11.3 Å². The van der Waals surface area contributed by atoms with Gasteiger partial charge in [-0.1, -0.05) is 0 Å². The number of fused-ring (bicyclic) bond motifs is 1. The molecule has 1 amide bonds. The van der Waals surface area contributed by atoms with E-state index in [4.69, 9.17) is 5.11 Å². The smallest absolute Gasteiger partial charge is 0.308 e. The molecule has 22 heavy (non-hydrogen) atoms. The Kier molecular flexibility index (Phi) is 4.11. The minimum Gasteiger partial charge on any atom is -0.481 e. The zero-order valence-corrected chi connectivity index (χ0v) is 12.0. The zero-order chi connectivity index (χ0) is 16.4. The molecule has 116 valence electrons. The summed E-state index contributed by atoms with van der Waals surface area (Å²) in [6, 6.07) is 3.60. The maximum absolute atomic E-state index is 12.2. The van der Waals surface area contributed by atoms with Gasteiger partial charge in [-0.25, -0.2) is 0 Å². The molecule has 0 fully saturated rings. The molecule has 2 aromatic rings. The van der Waals surface area contributed by atoms with Crippen LogP contribution in [0, 0.1) is 16.0 Å². The highest BCUT2D eigenvalue weighted by Gasteiger charge is 2.23. The molecule has 0 saturated carbocycles. The Labute approximate surface area is 125 Å². The number of aromatic nitrogens is 1. The van der Waals surface area contributed by atoms with Crippen LogP contribution in [-0.2, 0) is 4.79 Å². The second-order valence-corrected chi connectivity index (χ2v) is 5.08. The molecule has 1 aromatic heterocycles. The summed E-state index contributed by atoms with van der Waals surface area (Å²) in [6.45, 7) is 3.08. The van der Waals surface area contributed by atoms with Gasteiger partial charge < -0.3 is 15.4 Å². The van der Waals surface area contributed by atoms with Gasteiger partial charge in [-0.05, 0) is 19.9 Å². The number of carbonyl (C=O) groups is 2. The fourth-order valence-electron chi connectivity index (χ4n) is 2.03. The molecule has 0 bridgehead atoms. The van der Waals surface area contributed by atoms with E-state index >= 15 is 0 Å². The van der Waals surface area contributed by atoms with Gasteiger partial charge in [0, 0.05) is 35.3 Å². The summed E-state index contributed by atoms with van der Waals surface area (Å²) in [6.07, 6.45) is 1.45. The Morgan fingerprint density at radius 3 is 2.64 bits per heavy atom. The van der Waals surface area contributed by atoms with Crippen LogP contribution in [-0.4, -0.2) is 32.9 Å². The van der Waals surface area contributed by atoms with Crippen LogP contribution in [0.5, 0.6) is 0 Å². The van der Waals surface area contributed by atoms with Gasteiger partial charge >= 0.3 is 5.97 Å². The number of carboxylic acids is 1. The third kappa shape index (κ3) is 2.90. The normalized spacial score (nSPS) is 13.5. The molecule has 2 unspecified atom stereocenters. The van der Waals surface area contributed by atoms with Crippen molar-refractivity contribution in [1.82, 2.24) is 10.3 Å². The number of hydrogen-bond acceptors (Lipinski definition) is 4. The van der Waals surface area contributed by atoms with Gasteiger partial charge in [-0.2, -0.15) is 0 Å². The summed E-state index contributed by atoms with van der Waals surface area (Å²) in [5.41, 5.74) is 0.714. The van der Waals surface area contributed by atoms with Gasteiger partial charge in [0.15, 0.2) is 0 Å². The van der Waals surface area contributed by atoms with Gasteiger partial charge in [-0.3, -0.25) is 19.7 Å². The number of carbonyl (C=O) groups excluding carboxylic acids is 1. The zero-order valence-electron chi connectivity index (χ0n) is 12.0. The molecule has 2 atom stereocenters. The lowest BCUT2D eigenvalue weighted by molar-refractivity contribution is -0.384. The summed E-state index contributed by atoms with van der Waals surface area (Å²) in [5.74, 6) is -2.24. The molecule has 8 nitrogen and oxygen atoms in total. The van der Waals surface area contributed by atoms with Crippen molar-refractivity contribution in [3.8, 4) is 0 Å². The Balaban J connectivity index is 2.30. The maximum Gasteiger partial charge on any atom is 0.308 e. The van der Waals surface area contributed by atoms with Crippen molar-refractivity contribution in [2.45, 2.75) is 19.9 Å². The monoisotopic (exact) mass is 305 g/mol. The van der Waals surface area contributed by atoms with Crippen LogP contribution in [0.25, 0.3) is 10.9 Å². The van der Waals surface area contributed by atoms with Crippen LogP contribution in [0.3, 0.4) is 0 Å². The van der Waals surface area contributed by atoms with E-state index in [0.29, 0.717) is 10.9 Å². The van der Waals surface area contributed by atoms with Crippen LogP contribution >= 0.6 is 0 Å². The molecular formula is C14H15N3O5. The summed E-state index contributed by atoms with van der Waals surface area (Å²) in [7, 11) is 0. The van der Waals surface area contributed by atoms with E-state index in [9.17, 15) is 19.7 Å². The number of benzene rings is 1. The van der Waals surface area contributed by atoms with Crippen molar-refractivity contribution in [2.24, 2.45) is 5.92 Å². The number of nitro benzene ring substituents is 1. The highest BCUT2D eigenvalue weighted by atomic mass is 16.6. The van der Waals surface area contributed by atoms with E-state index in [0.717, 1.165) is 0 Å². The molecule has 2 rings (SSSR count). The number of H-pyrrole nitrogens is 1. The lowest BCUT2D eigenvalue weighted by Gasteiger charge is -2.17. The topological polar surface area (TPSA) is 125 Å². The quantitative estimate of drug-likeness (QED) is 0.574. The van der Waals surface area contributed by atoms with E-state index in [2.05, 4.69) is 10.3 Å². The van der Waals surface area contributed by atoms with Gasteiger partial charge in [-0.15, -0.1) is 0 Å². The van der Waals surface area contributed by atoms with Crippen LogP contribution in [0.2, 0.25) is 0 Å². The molecule has 3 N–H and O–H groups in total.